The molecular formula is C17H21ClN2O3. The van der Waals surface area contributed by atoms with E-state index in [4.69, 9.17) is 10.2 Å². The van der Waals surface area contributed by atoms with Gasteiger partial charge in [-0.15, -0.1) is 12.4 Å². The summed E-state index contributed by atoms with van der Waals surface area (Å²) >= 11 is 0. The van der Waals surface area contributed by atoms with Crippen molar-refractivity contribution in [1.29, 1.82) is 0 Å². The van der Waals surface area contributed by atoms with Crippen molar-refractivity contribution in [3.63, 3.8) is 0 Å². The SMILES string of the molecule is CC1CCCN(C(=O)c2cc3ccccc3oc2=O)C1CN.Cl. The molecule has 1 fully saturated rings. The van der Waals surface area contributed by atoms with E-state index < -0.39 is 5.63 Å². The van der Waals surface area contributed by atoms with Crippen molar-refractivity contribution in [3.8, 4) is 0 Å². The lowest BCUT2D eigenvalue weighted by Gasteiger charge is -2.39. The van der Waals surface area contributed by atoms with Gasteiger partial charge < -0.3 is 15.1 Å². The van der Waals surface area contributed by atoms with Gasteiger partial charge in [0.15, 0.2) is 0 Å². The molecule has 2 heterocycles. The maximum Gasteiger partial charge on any atom is 0.349 e. The number of benzene rings is 1. The van der Waals surface area contributed by atoms with Gasteiger partial charge in [0.1, 0.15) is 11.1 Å². The number of rotatable bonds is 2. The van der Waals surface area contributed by atoms with Gasteiger partial charge in [0.05, 0.1) is 0 Å². The van der Waals surface area contributed by atoms with Crippen LogP contribution in [0.15, 0.2) is 39.5 Å². The molecule has 0 radical (unpaired) electrons. The summed E-state index contributed by atoms with van der Waals surface area (Å²) in [5, 5.41) is 0.750. The maximum absolute atomic E-state index is 12.8. The molecule has 0 saturated carbocycles. The monoisotopic (exact) mass is 336 g/mol. The Hall–Kier alpha value is -1.85. The van der Waals surface area contributed by atoms with Crippen LogP contribution in [0.5, 0.6) is 0 Å². The summed E-state index contributed by atoms with van der Waals surface area (Å²) in [5.41, 5.74) is 5.83. The number of nitrogens with two attached hydrogens (primary N) is 1. The Morgan fingerprint density at radius 3 is 2.87 bits per heavy atom. The minimum absolute atomic E-state index is 0. The summed E-state index contributed by atoms with van der Waals surface area (Å²) in [6, 6.07) is 8.79. The standard InChI is InChI=1S/C17H20N2O3.ClH/c1-11-5-4-8-19(14(11)10-18)16(20)13-9-12-6-2-3-7-15(12)22-17(13)21;/h2-3,6-7,9,11,14H,4-5,8,10,18H2,1H3;1H. The van der Waals surface area contributed by atoms with E-state index in [2.05, 4.69) is 6.92 Å². The van der Waals surface area contributed by atoms with E-state index in [1.54, 1.807) is 23.1 Å². The molecule has 1 saturated heterocycles. The van der Waals surface area contributed by atoms with Gasteiger partial charge in [-0.3, -0.25) is 4.79 Å². The topological polar surface area (TPSA) is 76.5 Å². The summed E-state index contributed by atoms with van der Waals surface area (Å²) < 4.78 is 5.27. The van der Waals surface area contributed by atoms with Gasteiger partial charge in [-0.05, 0) is 30.9 Å². The number of amides is 1. The van der Waals surface area contributed by atoms with Crippen molar-refractivity contribution in [1.82, 2.24) is 4.90 Å². The number of nitrogens with zero attached hydrogens (tertiary/aromatic N) is 1. The van der Waals surface area contributed by atoms with Gasteiger partial charge in [0, 0.05) is 24.5 Å². The number of carbonyl (C=O) groups excluding carboxylic acids is 1. The third-order valence-corrected chi connectivity index (χ3v) is 4.49. The van der Waals surface area contributed by atoms with Crippen LogP contribution in [0.4, 0.5) is 0 Å². The molecule has 0 bridgehead atoms. The molecule has 5 nitrogen and oxygen atoms in total. The van der Waals surface area contributed by atoms with Crippen molar-refractivity contribution in [2.24, 2.45) is 11.7 Å². The number of halogens is 1. The molecule has 124 valence electrons. The van der Waals surface area contributed by atoms with Gasteiger partial charge in [-0.2, -0.15) is 0 Å². The van der Waals surface area contributed by atoms with Crippen molar-refractivity contribution in [2.45, 2.75) is 25.8 Å². The average Bonchev–Trinajstić information content (AvgIpc) is 2.53. The van der Waals surface area contributed by atoms with Crippen LogP contribution in [0.2, 0.25) is 0 Å². The largest absolute Gasteiger partial charge is 0.422 e. The Morgan fingerprint density at radius 2 is 2.13 bits per heavy atom. The Bertz CT molecular complexity index is 759. The number of piperidine rings is 1. The normalized spacial score (nSPS) is 21.0. The molecule has 2 N–H and O–H groups in total. The van der Waals surface area contributed by atoms with Crippen LogP contribution in [0.25, 0.3) is 11.0 Å². The van der Waals surface area contributed by atoms with Crippen molar-refractivity contribution in [2.75, 3.05) is 13.1 Å². The van der Waals surface area contributed by atoms with Crippen LogP contribution >= 0.6 is 12.4 Å². The fourth-order valence-electron chi connectivity index (χ4n) is 3.23. The van der Waals surface area contributed by atoms with Crippen molar-refractivity contribution < 1.29 is 9.21 Å². The van der Waals surface area contributed by atoms with E-state index in [0.717, 1.165) is 18.2 Å². The molecule has 0 spiro atoms. The number of hydrogen-bond donors (Lipinski definition) is 1. The van der Waals surface area contributed by atoms with E-state index in [-0.39, 0.29) is 29.9 Å². The van der Waals surface area contributed by atoms with Gasteiger partial charge in [0.25, 0.3) is 5.91 Å². The van der Waals surface area contributed by atoms with E-state index in [9.17, 15) is 9.59 Å². The van der Waals surface area contributed by atoms with Crippen LogP contribution in [-0.4, -0.2) is 29.9 Å². The smallest absolute Gasteiger partial charge is 0.349 e. The molecule has 2 atom stereocenters. The minimum Gasteiger partial charge on any atom is -0.422 e. The van der Waals surface area contributed by atoms with Gasteiger partial charge in [-0.25, -0.2) is 4.79 Å². The van der Waals surface area contributed by atoms with Crippen molar-refractivity contribution in [3.05, 3.63) is 46.3 Å². The molecule has 1 amide bonds. The number of fused-ring (bicyclic) bond motifs is 1. The minimum atomic E-state index is -0.585. The molecule has 2 unspecified atom stereocenters. The molecule has 1 aliphatic rings. The van der Waals surface area contributed by atoms with E-state index in [1.807, 2.05) is 12.1 Å². The van der Waals surface area contributed by atoms with Crippen LogP contribution in [-0.2, 0) is 0 Å². The summed E-state index contributed by atoms with van der Waals surface area (Å²) in [6.45, 7) is 3.14. The predicted octanol–water partition coefficient (Wildman–Crippen LogP) is 2.41. The van der Waals surface area contributed by atoms with Gasteiger partial charge in [0.2, 0.25) is 0 Å². The summed E-state index contributed by atoms with van der Waals surface area (Å²) in [6.07, 6.45) is 1.99. The lowest BCUT2D eigenvalue weighted by Crippen LogP contribution is -2.52. The zero-order valence-corrected chi connectivity index (χ0v) is 13.8. The quantitative estimate of drug-likeness (QED) is 0.854. The molecule has 2 aromatic rings. The maximum atomic E-state index is 12.8. The second kappa shape index (κ2) is 7.15. The first kappa shape index (κ1) is 17.5. The highest BCUT2D eigenvalue weighted by Gasteiger charge is 2.32. The van der Waals surface area contributed by atoms with Crippen LogP contribution < -0.4 is 11.4 Å². The van der Waals surface area contributed by atoms with E-state index >= 15 is 0 Å². The number of likely N-dealkylation sites (tertiary alicyclic amines) is 1. The fraction of sp³-hybridized carbons (Fsp3) is 0.412. The second-order valence-corrected chi connectivity index (χ2v) is 5.91. The average molecular weight is 337 g/mol. The first-order chi connectivity index (χ1) is 10.6. The highest BCUT2D eigenvalue weighted by Crippen LogP contribution is 2.24. The highest BCUT2D eigenvalue weighted by atomic mass is 35.5. The molecule has 1 aromatic heterocycles. The van der Waals surface area contributed by atoms with Gasteiger partial charge >= 0.3 is 5.63 Å². The van der Waals surface area contributed by atoms with Crippen LogP contribution in [0.3, 0.4) is 0 Å². The van der Waals surface area contributed by atoms with E-state index in [1.165, 1.54) is 0 Å². The first-order valence-electron chi connectivity index (χ1n) is 7.65. The van der Waals surface area contributed by atoms with E-state index in [0.29, 0.717) is 24.6 Å². The second-order valence-electron chi connectivity index (χ2n) is 5.91. The number of hydrogen-bond acceptors (Lipinski definition) is 4. The zero-order valence-electron chi connectivity index (χ0n) is 13.0. The summed E-state index contributed by atoms with van der Waals surface area (Å²) in [4.78, 5) is 26.7. The highest BCUT2D eigenvalue weighted by molar-refractivity contribution is 5.96. The number of carbonyl (C=O) groups is 1. The molecule has 1 aromatic carbocycles. The van der Waals surface area contributed by atoms with Crippen molar-refractivity contribution >= 4 is 29.3 Å². The Labute approximate surface area is 140 Å². The molecular weight excluding hydrogens is 316 g/mol. The number of para-hydroxylation sites is 1. The predicted molar refractivity (Wildman–Crippen MR) is 92.0 cm³/mol. The summed E-state index contributed by atoms with van der Waals surface area (Å²) in [5.74, 6) is 0.0664. The third kappa shape index (κ3) is 3.26. The first-order valence-corrected chi connectivity index (χ1v) is 7.65. The fourth-order valence-corrected chi connectivity index (χ4v) is 3.23. The zero-order chi connectivity index (χ0) is 15.7. The van der Waals surface area contributed by atoms with Crippen LogP contribution in [0, 0.1) is 5.92 Å². The van der Waals surface area contributed by atoms with Crippen LogP contribution in [0.1, 0.15) is 30.1 Å². The third-order valence-electron chi connectivity index (χ3n) is 4.49. The Morgan fingerprint density at radius 1 is 1.39 bits per heavy atom. The van der Waals surface area contributed by atoms with Gasteiger partial charge in [-0.1, -0.05) is 25.1 Å². The Kier molecular flexibility index (Phi) is 5.44. The lowest BCUT2D eigenvalue weighted by atomic mass is 9.90. The molecule has 1 aliphatic heterocycles. The Balaban J connectivity index is 0.00000192. The summed E-state index contributed by atoms with van der Waals surface area (Å²) in [7, 11) is 0. The molecule has 3 rings (SSSR count). The molecule has 0 aliphatic carbocycles. The molecule has 6 heteroatoms. The molecule has 23 heavy (non-hydrogen) atoms. The lowest BCUT2D eigenvalue weighted by molar-refractivity contribution is 0.0528.